The number of fused-ring (bicyclic) bond motifs is 2. The molecule has 0 aliphatic carbocycles. The molecule has 5 nitrogen and oxygen atoms in total. The number of carbonyl (C=O) groups excluding carboxylic acids is 2. The average molecular weight is 400 g/mol. The standard InChI is InChI=1S/C21H19ClFN3O2/c1-12-2-4-14(9-17(12)22)24-20(27)11-26-7-6-19-16(10-26)21(28)15-8-13(23)3-5-18(15)25-19/h2-5,8-9,16H,6-7,10-11H2,1H3,(H,24,27). The number of anilines is 1. The third-order valence-corrected chi connectivity index (χ3v) is 5.56. The highest BCUT2D eigenvalue weighted by atomic mass is 35.5. The Bertz CT molecular complexity index is 1010. The SMILES string of the molecule is Cc1ccc(NC(=O)CN2CCC3=Nc4ccc(F)cc4C(=O)C3C2)cc1Cl. The van der Waals surface area contributed by atoms with E-state index in [4.69, 9.17) is 11.6 Å². The van der Waals surface area contributed by atoms with E-state index >= 15 is 0 Å². The van der Waals surface area contributed by atoms with Gasteiger partial charge in [0, 0.05) is 35.1 Å². The molecule has 7 heteroatoms. The van der Waals surface area contributed by atoms with Gasteiger partial charge in [-0.3, -0.25) is 19.5 Å². The van der Waals surface area contributed by atoms with Gasteiger partial charge in [0.15, 0.2) is 5.78 Å². The van der Waals surface area contributed by atoms with Gasteiger partial charge in [-0.15, -0.1) is 0 Å². The second-order valence-corrected chi connectivity index (χ2v) is 7.59. The summed E-state index contributed by atoms with van der Waals surface area (Å²) in [5.74, 6) is -1.18. The Hall–Kier alpha value is -2.57. The normalized spacial score (nSPS) is 18.9. The van der Waals surface area contributed by atoms with Crippen LogP contribution in [0.4, 0.5) is 15.8 Å². The summed E-state index contributed by atoms with van der Waals surface area (Å²) in [7, 11) is 0. The monoisotopic (exact) mass is 399 g/mol. The molecule has 1 unspecified atom stereocenters. The molecule has 0 aromatic heterocycles. The maximum absolute atomic E-state index is 13.5. The molecule has 144 valence electrons. The molecule has 2 aliphatic rings. The van der Waals surface area contributed by atoms with Crippen LogP contribution in [0.2, 0.25) is 5.02 Å². The molecule has 1 fully saturated rings. The predicted molar refractivity (Wildman–Crippen MR) is 107 cm³/mol. The fraction of sp³-hybridized carbons (Fsp3) is 0.286. The number of hydrogen-bond acceptors (Lipinski definition) is 4. The maximum atomic E-state index is 13.5. The number of Topliss-reactive ketones (excluding diaryl/α,β-unsaturated/α-hetero) is 1. The van der Waals surface area contributed by atoms with Gasteiger partial charge in [-0.25, -0.2) is 4.39 Å². The molecule has 2 aliphatic heterocycles. The molecule has 1 N–H and O–H groups in total. The van der Waals surface area contributed by atoms with Gasteiger partial charge in [0.1, 0.15) is 5.82 Å². The first-order valence-electron chi connectivity index (χ1n) is 9.10. The van der Waals surface area contributed by atoms with Gasteiger partial charge >= 0.3 is 0 Å². The summed E-state index contributed by atoms with van der Waals surface area (Å²) in [5, 5.41) is 3.43. The summed E-state index contributed by atoms with van der Waals surface area (Å²) in [6.45, 7) is 3.10. The number of amides is 1. The smallest absolute Gasteiger partial charge is 0.238 e. The van der Waals surface area contributed by atoms with Crippen molar-refractivity contribution in [3.63, 3.8) is 0 Å². The number of benzene rings is 2. The van der Waals surface area contributed by atoms with Crippen LogP contribution in [0.3, 0.4) is 0 Å². The minimum absolute atomic E-state index is 0.130. The van der Waals surface area contributed by atoms with E-state index in [-0.39, 0.29) is 18.2 Å². The van der Waals surface area contributed by atoms with Crippen molar-refractivity contribution < 1.29 is 14.0 Å². The summed E-state index contributed by atoms with van der Waals surface area (Å²) < 4.78 is 13.5. The molecule has 28 heavy (non-hydrogen) atoms. The summed E-state index contributed by atoms with van der Waals surface area (Å²) in [6, 6.07) is 9.46. The molecule has 0 radical (unpaired) electrons. The van der Waals surface area contributed by atoms with Crippen LogP contribution in [-0.2, 0) is 4.79 Å². The van der Waals surface area contributed by atoms with Crippen molar-refractivity contribution in [3.8, 4) is 0 Å². The fourth-order valence-electron chi connectivity index (χ4n) is 3.63. The van der Waals surface area contributed by atoms with Crippen LogP contribution in [0.15, 0.2) is 41.4 Å². The third-order valence-electron chi connectivity index (χ3n) is 5.15. The molecule has 2 aromatic carbocycles. The van der Waals surface area contributed by atoms with Crippen molar-refractivity contribution in [2.24, 2.45) is 10.9 Å². The Labute approximate surface area is 167 Å². The lowest BCUT2D eigenvalue weighted by molar-refractivity contribution is -0.117. The van der Waals surface area contributed by atoms with Crippen LogP contribution in [0.25, 0.3) is 0 Å². The summed E-state index contributed by atoms with van der Waals surface area (Å²) in [6.07, 6.45) is 0.608. The molecule has 0 spiro atoms. The zero-order valence-corrected chi connectivity index (χ0v) is 16.1. The second-order valence-electron chi connectivity index (χ2n) is 7.18. The van der Waals surface area contributed by atoms with Gasteiger partial charge in [0.25, 0.3) is 0 Å². The van der Waals surface area contributed by atoms with E-state index in [1.165, 1.54) is 18.2 Å². The molecule has 1 amide bonds. The topological polar surface area (TPSA) is 61.8 Å². The summed E-state index contributed by atoms with van der Waals surface area (Å²) in [4.78, 5) is 31.7. The number of nitrogens with one attached hydrogen (secondary N) is 1. The zero-order chi connectivity index (χ0) is 19.8. The molecular weight excluding hydrogens is 381 g/mol. The maximum Gasteiger partial charge on any atom is 0.238 e. The summed E-state index contributed by atoms with van der Waals surface area (Å²) in [5.41, 5.74) is 3.23. The molecule has 2 aromatic rings. The first-order valence-corrected chi connectivity index (χ1v) is 9.48. The van der Waals surface area contributed by atoms with E-state index in [0.717, 1.165) is 11.3 Å². The number of rotatable bonds is 3. The van der Waals surface area contributed by atoms with E-state index < -0.39 is 11.7 Å². The van der Waals surface area contributed by atoms with Crippen molar-refractivity contribution >= 4 is 40.4 Å². The quantitative estimate of drug-likeness (QED) is 0.848. The van der Waals surface area contributed by atoms with Gasteiger partial charge in [-0.05, 0) is 49.2 Å². The Balaban J connectivity index is 1.43. The molecule has 1 saturated heterocycles. The lowest BCUT2D eigenvalue weighted by Gasteiger charge is -2.34. The fourth-order valence-corrected chi connectivity index (χ4v) is 3.81. The van der Waals surface area contributed by atoms with E-state index in [1.807, 2.05) is 17.9 Å². The van der Waals surface area contributed by atoms with E-state index in [9.17, 15) is 14.0 Å². The van der Waals surface area contributed by atoms with Gasteiger partial charge in [0.2, 0.25) is 5.91 Å². The molecule has 1 atom stereocenters. The van der Waals surface area contributed by atoms with Crippen LogP contribution in [0.1, 0.15) is 22.3 Å². The second kappa shape index (κ2) is 7.45. The van der Waals surface area contributed by atoms with Gasteiger partial charge in [-0.2, -0.15) is 0 Å². The third kappa shape index (κ3) is 3.70. The Morgan fingerprint density at radius 2 is 2.14 bits per heavy atom. The van der Waals surface area contributed by atoms with Crippen molar-refractivity contribution in [2.45, 2.75) is 13.3 Å². The molecule has 0 bridgehead atoms. The number of halogens is 2. The highest BCUT2D eigenvalue weighted by molar-refractivity contribution is 6.31. The first-order chi connectivity index (χ1) is 13.4. The minimum atomic E-state index is -0.449. The van der Waals surface area contributed by atoms with Gasteiger partial charge < -0.3 is 5.32 Å². The van der Waals surface area contributed by atoms with Crippen molar-refractivity contribution in [3.05, 3.63) is 58.4 Å². The molecule has 4 rings (SSSR count). The number of nitrogens with zero attached hydrogens (tertiary/aromatic N) is 2. The van der Waals surface area contributed by atoms with Crippen LogP contribution in [-0.4, -0.2) is 41.9 Å². The molecule has 2 heterocycles. The number of carbonyl (C=O) groups is 2. The molecular formula is C21H19ClFN3O2. The van der Waals surface area contributed by atoms with E-state index in [0.29, 0.717) is 41.5 Å². The van der Waals surface area contributed by atoms with E-state index in [2.05, 4.69) is 10.3 Å². The van der Waals surface area contributed by atoms with Crippen LogP contribution in [0, 0.1) is 18.7 Å². The van der Waals surface area contributed by atoms with Crippen LogP contribution >= 0.6 is 11.6 Å². The largest absolute Gasteiger partial charge is 0.325 e. The number of piperidine rings is 1. The average Bonchev–Trinajstić information content (AvgIpc) is 2.66. The number of hydrogen-bond donors (Lipinski definition) is 1. The van der Waals surface area contributed by atoms with Crippen molar-refractivity contribution in [1.82, 2.24) is 4.90 Å². The van der Waals surface area contributed by atoms with Crippen molar-refractivity contribution in [1.29, 1.82) is 0 Å². The highest BCUT2D eigenvalue weighted by Crippen LogP contribution is 2.32. The minimum Gasteiger partial charge on any atom is -0.325 e. The van der Waals surface area contributed by atoms with Gasteiger partial charge in [0.05, 0.1) is 18.2 Å². The summed E-state index contributed by atoms with van der Waals surface area (Å²) >= 11 is 6.09. The lowest BCUT2D eigenvalue weighted by atomic mass is 9.85. The lowest BCUT2D eigenvalue weighted by Crippen LogP contribution is -2.47. The Kier molecular flexibility index (Phi) is 5.00. The van der Waals surface area contributed by atoms with Crippen molar-refractivity contribution in [2.75, 3.05) is 25.0 Å². The number of likely N-dealkylation sites (tertiary alicyclic amines) is 1. The van der Waals surface area contributed by atoms with E-state index in [1.54, 1.807) is 12.1 Å². The van der Waals surface area contributed by atoms with Crippen LogP contribution < -0.4 is 5.32 Å². The number of aryl methyl sites for hydroxylation is 1. The Morgan fingerprint density at radius 3 is 2.93 bits per heavy atom. The predicted octanol–water partition coefficient (Wildman–Crippen LogP) is 4.02. The first kappa shape index (κ1) is 18.8. The zero-order valence-electron chi connectivity index (χ0n) is 15.3. The number of ketones is 1. The van der Waals surface area contributed by atoms with Gasteiger partial charge in [-0.1, -0.05) is 17.7 Å². The van der Waals surface area contributed by atoms with Crippen LogP contribution in [0.5, 0.6) is 0 Å². The number of aliphatic imine (C=N–C) groups is 1. The Morgan fingerprint density at radius 1 is 1.32 bits per heavy atom. The molecule has 0 saturated carbocycles. The highest BCUT2D eigenvalue weighted by Gasteiger charge is 2.36.